The van der Waals surface area contributed by atoms with Crippen molar-refractivity contribution in [1.29, 1.82) is 0 Å². The van der Waals surface area contributed by atoms with Gasteiger partial charge in [-0.2, -0.15) is 8.42 Å². The van der Waals surface area contributed by atoms with Crippen LogP contribution in [0.2, 0.25) is 40.9 Å². The Balaban J connectivity index is 7.29. The SMILES string of the molecule is CC[Si](CC)(CC)C(C(=O)O)(C(C)S(=O)(=O)O)[Si](CC)(CC)CC. The van der Waals surface area contributed by atoms with E-state index in [1.807, 2.05) is 41.5 Å². The molecule has 5 nitrogen and oxygen atoms in total. The topological polar surface area (TPSA) is 91.7 Å². The van der Waals surface area contributed by atoms with Crippen LogP contribution >= 0.6 is 0 Å². The van der Waals surface area contributed by atoms with Gasteiger partial charge in [-0.15, -0.1) is 0 Å². The van der Waals surface area contributed by atoms with Gasteiger partial charge in [0.25, 0.3) is 10.1 Å². The molecule has 0 aromatic rings. The standard InChI is InChI=1S/C16H36O5SSi2/c1-8-23(9-2,10-3)16(15(17)18,14(7)22(19,20)21)24(11-4,12-5)13-6/h14H,8-13H2,1-7H3,(H,17,18)(H,19,20,21). The van der Waals surface area contributed by atoms with Gasteiger partial charge in [-0.3, -0.25) is 9.35 Å². The summed E-state index contributed by atoms with van der Waals surface area (Å²) >= 11 is 0. The number of carboxylic acids is 1. The quantitative estimate of drug-likeness (QED) is 0.392. The van der Waals surface area contributed by atoms with Crippen LogP contribution in [0.3, 0.4) is 0 Å². The lowest BCUT2D eigenvalue weighted by molar-refractivity contribution is -0.138. The smallest absolute Gasteiger partial charge is 0.305 e. The lowest BCUT2D eigenvalue weighted by Gasteiger charge is -2.57. The monoisotopic (exact) mass is 396 g/mol. The predicted molar refractivity (Wildman–Crippen MR) is 106 cm³/mol. The third-order valence-corrected chi connectivity index (χ3v) is 24.7. The highest BCUT2D eigenvalue weighted by Gasteiger charge is 2.70. The molecule has 8 heteroatoms. The van der Waals surface area contributed by atoms with E-state index in [4.69, 9.17) is 0 Å². The molecule has 0 aliphatic heterocycles. The lowest BCUT2D eigenvalue weighted by atomic mass is 10.3. The van der Waals surface area contributed by atoms with Gasteiger partial charge in [0.15, 0.2) is 0 Å². The van der Waals surface area contributed by atoms with E-state index in [0.717, 1.165) is 36.3 Å². The lowest BCUT2D eigenvalue weighted by Crippen LogP contribution is -2.70. The molecular weight excluding hydrogens is 360 g/mol. The van der Waals surface area contributed by atoms with Gasteiger partial charge in [0.1, 0.15) is 0 Å². The number of rotatable bonds is 11. The van der Waals surface area contributed by atoms with E-state index in [1.165, 1.54) is 6.92 Å². The molecule has 24 heavy (non-hydrogen) atoms. The molecule has 0 radical (unpaired) electrons. The van der Waals surface area contributed by atoms with E-state index in [2.05, 4.69) is 0 Å². The zero-order valence-electron chi connectivity index (χ0n) is 16.3. The predicted octanol–water partition coefficient (Wildman–Crippen LogP) is 4.64. The molecule has 1 unspecified atom stereocenters. The first-order valence-corrected chi connectivity index (χ1v) is 15.9. The fourth-order valence-corrected chi connectivity index (χ4v) is 25.1. The Hall–Kier alpha value is -0.186. The Labute approximate surface area is 150 Å². The maximum Gasteiger partial charge on any atom is 0.305 e. The molecule has 0 aromatic carbocycles. The van der Waals surface area contributed by atoms with E-state index in [1.54, 1.807) is 0 Å². The largest absolute Gasteiger partial charge is 0.481 e. The molecule has 0 heterocycles. The van der Waals surface area contributed by atoms with Gasteiger partial charge in [-0.1, -0.05) is 77.8 Å². The van der Waals surface area contributed by atoms with Crippen molar-refractivity contribution < 1.29 is 22.9 Å². The Kier molecular flexibility index (Phi) is 8.40. The minimum Gasteiger partial charge on any atom is -0.481 e. The summed E-state index contributed by atoms with van der Waals surface area (Å²) in [7, 11) is -9.46. The number of hydrogen-bond acceptors (Lipinski definition) is 3. The van der Waals surface area contributed by atoms with Gasteiger partial charge in [0, 0.05) is 0 Å². The van der Waals surface area contributed by atoms with Crippen LogP contribution in [0.4, 0.5) is 0 Å². The van der Waals surface area contributed by atoms with Crippen molar-refractivity contribution in [1.82, 2.24) is 0 Å². The summed E-state index contributed by atoms with van der Waals surface area (Å²) < 4.78 is 33.1. The molecule has 0 aromatic heterocycles. The third kappa shape index (κ3) is 3.26. The minimum absolute atomic E-state index is 0.723. The molecule has 0 aliphatic carbocycles. The maximum absolute atomic E-state index is 12.9. The van der Waals surface area contributed by atoms with Gasteiger partial charge in [-0.25, -0.2) is 0 Å². The molecule has 2 N–H and O–H groups in total. The molecule has 0 fully saturated rings. The second-order valence-electron chi connectivity index (χ2n) is 6.95. The van der Waals surface area contributed by atoms with Gasteiger partial charge in [0.2, 0.25) is 0 Å². The zero-order chi connectivity index (χ0) is 19.4. The van der Waals surface area contributed by atoms with Crippen LogP contribution in [-0.2, 0) is 14.9 Å². The van der Waals surface area contributed by atoms with Crippen molar-refractivity contribution in [3.63, 3.8) is 0 Å². The van der Waals surface area contributed by atoms with Crippen LogP contribution in [0.25, 0.3) is 0 Å². The second-order valence-corrected chi connectivity index (χ2v) is 20.1. The van der Waals surface area contributed by atoms with E-state index < -0.39 is 42.1 Å². The second kappa shape index (κ2) is 8.46. The first kappa shape index (κ1) is 23.8. The maximum atomic E-state index is 12.9. The summed E-state index contributed by atoms with van der Waals surface area (Å²) in [4.78, 5) is 12.9. The van der Waals surface area contributed by atoms with Gasteiger partial charge >= 0.3 is 5.97 Å². The number of carboxylic acid groups (broad SMARTS) is 1. The molecule has 0 rings (SSSR count). The van der Waals surface area contributed by atoms with Crippen molar-refractivity contribution in [3.8, 4) is 0 Å². The van der Waals surface area contributed by atoms with E-state index in [9.17, 15) is 22.9 Å². The summed E-state index contributed by atoms with van der Waals surface area (Å²) in [5, 5.41) is 9.26. The van der Waals surface area contributed by atoms with Gasteiger partial charge in [0.05, 0.1) is 26.1 Å². The van der Waals surface area contributed by atoms with Gasteiger partial charge < -0.3 is 5.11 Å². The summed E-state index contributed by atoms with van der Waals surface area (Å²) in [6.07, 6.45) is 0. The van der Waals surface area contributed by atoms with Crippen molar-refractivity contribution in [2.45, 2.75) is 94.6 Å². The summed E-state index contributed by atoms with van der Waals surface area (Å²) in [6, 6.07) is 4.34. The minimum atomic E-state index is -4.44. The van der Waals surface area contributed by atoms with Crippen LogP contribution in [0, 0.1) is 0 Å². The van der Waals surface area contributed by atoms with Crippen molar-refractivity contribution in [2.24, 2.45) is 0 Å². The molecule has 1 atom stereocenters. The fourth-order valence-electron chi connectivity index (χ4n) is 5.45. The molecule has 0 bridgehead atoms. The number of carbonyl (C=O) groups is 1. The third-order valence-electron chi connectivity index (χ3n) is 7.13. The molecule has 0 aliphatic rings. The summed E-state index contributed by atoms with van der Waals surface area (Å²) in [6.45, 7) is 13.5. The Morgan fingerprint density at radius 3 is 1.25 bits per heavy atom. The highest BCUT2D eigenvalue weighted by molar-refractivity contribution is 7.86. The van der Waals surface area contributed by atoms with Crippen LogP contribution in [0.5, 0.6) is 0 Å². The molecule has 0 saturated carbocycles. The average molecular weight is 397 g/mol. The fraction of sp³-hybridized carbons (Fsp3) is 0.938. The van der Waals surface area contributed by atoms with Crippen LogP contribution < -0.4 is 0 Å². The van der Waals surface area contributed by atoms with E-state index in [-0.39, 0.29) is 0 Å². The normalized spacial score (nSPS) is 15.3. The summed E-state index contributed by atoms with van der Waals surface area (Å²) in [5.41, 5.74) is 0. The van der Waals surface area contributed by atoms with Gasteiger partial charge in [-0.05, 0) is 6.92 Å². The van der Waals surface area contributed by atoms with Crippen molar-refractivity contribution >= 4 is 32.2 Å². The molecule has 144 valence electrons. The van der Waals surface area contributed by atoms with Crippen molar-refractivity contribution in [3.05, 3.63) is 0 Å². The van der Waals surface area contributed by atoms with Crippen molar-refractivity contribution in [2.75, 3.05) is 0 Å². The van der Waals surface area contributed by atoms with Crippen LogP contribution in [0.1, 0.15) is 48.5 Å². The van der Waals surface area contributed by atoms with E-state index in [0.29, 0.717) is 0 Å². The molecule has 0 spiro atoms. The molecule has 0 amide bonds. The Morgan fingerprint density at radius 1 is 0.875 bits per heavy atom. The Morgan fingerprint density at radius 2 is 1.12 bits per heavy atom. The highest BCUT2D eigenvalue weighted by atomic mass is 32.2. The molecule has 0 saturated heterocycles. The number of hydrogen-bond donors (Lipinski definition) is 2. The molecular formula is C16H36O5SSi2. The Bertz CT molecular complexity index is 488. The average Bonchev–Trinajstić information content (AvgIpc) is 2.54. The number of aliphatic carboxylic acids is 1. The van der Waals surface area contributed by atoms with Crippen LogP contribution in [-0.4, -0.2) is 45.4 Å². The zero-order valence-corrected chi connectivity index (χ0v) is 19.2. The first-order chi connectivity index (χ1) is 11.0. The summed E-state index contributed by atoms with van der Waals surface area (Å²) in [5.74, 6) is -0.984. The highest BCUT2D eigenvalue weighted by Crippen LogP contribution is 2.59. The van der Waals surface area contributed by atoms with Crippen LogP contribution in [0.15, 0.2) is 0 Å². The first-order valence-electron chi connectivity index (χ1n) is 9.16. The van der Waals surface area contributed by atoms with E-state index >= 15 is 0 Å².